The molecule has 0 aliphatic carbocycles. The van der Waals surface area contributed by atoms with Crippen LogP contribution in [0.4, 0.5) is 0 Å². The van der Waals surface area contributed by atoms with E-state index in [9.17, 15) is 0 Å². The molecule has 90 valence electrons. The molecule has 1 aromatic rings. The fourth-order valence-electron chi connectivity index (χ4n) is 1.92. The van der Waals surface area contributed by atoms with Gasteiger partial charge in [-0.2, -0.15) is 4.98 Å². The number of nitrogens with one attached hydrogen (secondary N) is 1. The van der Waals surface area contributed by atoms with Crippen LogP contribution in [-0.4, -0.2) is 29.8 Å². The van der Waals surface area contributed by atoms with E-state index in [1.165, 1.54) is 0 Å². The Labute approximate surface area is 95.6 Å². The van der Waals surface area contributed by atoms with Crippen LogP contribution in [0.15, 0.2) is 4.52 Å². The minimum Gasteiger partial charge on any atom is -0.370 e. The zero-order chi connectivity index (χ0) is 11.4. The van der Waals surface area contributed by atoms with E-state index in [1.54, 1.807) is 0 Å². The highest BCUT2D eigenvalue weighted by atomic mass is 16.5. The molecule has 2 atom stereocenters. The lowest BCUT2D eigenvalue weighted by molar-refractivity contribution is 0.103. The predicted molar refractivity (Wildman–Crippen MR) is 59.1 cm³/mol. The number of rotatable bonds is 5. The van der Waals surface area contributed by atoms with Crippen molar-refractivity contribution in [1.29, 1.82) is 0 Å². The number of aromatic nitrogens is 2. The summed E-state index contributed by atoms with van der Waals surface area (Å²) < 4.78 is 10.7. The molecule has 1 saturated heterocycles. The summed E-state index contributed by atoms with van der Waals surface area (Å²) in [5.74, 6) is 1.41. The Bertz CT molecular complexity index is 317. The number of likely N-dealkylation sites (N-methyl/N-ethyl adjacent to an activating group) is 1. The summed E-state index contributed by atoms with van der Waals surface area (Å²) in [4.78, 5) is 4.39. The summed E-state index contributed by atoms with van der Waals surface area (Å²) >= 11 is 0. The first kappa shape index (κ1) is 11.5. The highest BCUT2D eigenvalue weighted by molar-refractivity contribution is 4.94. The maximum Gasteiger partial charge on any atom is 0.228 e. The van der Waals surface area contributed by atoms with E-state index in [1.807, 2.05) is 7.05 Å². The third-order valence-corrected chi connectivity index (χ3v) is 3.02. The van der Waals surface area contributed by atoms with Gasteiger partial charge in [-0.1, -0.05) is 12.1 Å². The molecule has 1 aromatic heterocycles. The van der Waals surface area contributed by atoms with Crippen molar-refractivity contribution in [2.75, 3.05) is 13.7 Å². The van der Waals surface area contributed by atoms with Gasteiger partial charge in [0.05, 0.1) is 0 Å². The lowest BCUT2D eigenvalue weighted by Gasteiger charge is -2.09. The first-order valence-electron chi connectivity index (χ1n) is 5.94. The Hall–Kier alpha value is -0.940. The van der Waals surface area contributed by atoms with Crippen molar-refractivity contribution in [2.24, 2.45) is 0 Å². The first-order valence-corrected chi connectivity index (χ1v) is 5.94. The Morgan fingerprint density at radius 1 is 1.56 bits per heavy atom. The Morgan fingerprint density at radius 3 is 3.06 bits per heavy atom. The van der Waals surface area contributed by atoms with Crippen LogP contribution in [0.1, 0.15) is 44.0 Å². The molecule has 5 nitrogen and oxygen atoms in total. The lowest BCUT2D eigenvalue weighted by Crippen LogP contribution is -2.26. The van der Waals surface area contributed by atoms with Crippen molar-refractivity contribution in [3.63, 3.8) is 0 Å². The fourth-order valence-corrected chi connectivity index (χ4v) is 1.92. The summed E-state index contributed by atoms with van der Waals surface area (Å²) in [5, 5.41) is 7.20. The molecular weight excluding hydrogens is 206 g/mol. The average Bonchev–Trinajstić information content (AvgIpc) is 2.96. The summed E-state index contributed by atoms with van der Waals surface area (Å²) in [5.41, 5.74) is 0. The van der Waals surface area contributed by atoms with Crippen LogP contribution in [-0.2, 0) is 11.2 Å². The molecule has 1 fully saturated rings. The maximum atomic E-state index is 5.51. The molecule has 2 heterocycles. The largest absolute Gasteiger partial charge is 0.370 e. The van der Waals surface area contributed by atoms with Crippen LogP contribution in [0, 0.1) is 0 Å². The molecule has 0 saturated carbocycles. The van der Waals surface area contributed by atoms with Crippen LogP contribution >= 0.6 is 0 Å². The van der Waals surface area contributed by atoms with Crippen molar-refractivity contribution in [2.45, 2.75) is 44.8 Å². The van der Waals surface area contributed by atoms with Crippen molar-refractivity contribution >= 4 is 0 Å². The zero-order valence-electron chi connectivity index (χ0n) is 9.90. The monoisotopic (exact) mass is 225 g/mol. The molecule has 0 radical (unpaired) electrons. The molecule has 0 spiro atoms. The van der Waals surface area contributed by atoms with Gasteiger partial charge in [-0.3, -0.25) is 0 Å². The first-order chi connectivity index (χ1) is 7.83. The van der Waals surface area contributed by atoms with Gasteiger partial charge in [-0.15, -0.1) is 0 Å². The van der Waals surface area contributed by atoms with Gasteiger partial charge in [-0.25, -0.2) is 0 Å². The van der Waals surface area contributed by atoms with Crippen molar-refractivity contribution in [3.05, 3.63) is 11.7 Å². The third kappa shape index (κ3) is 2.59. The van der Waals surface area contributed by atoms with Crippen LogP contribution in [0.25, 0.3) is 0 Å². The summed E-state index contributed by atoms with van der Waals surface area (Å²) in [6.45, 7) is 2.95. The van der Waals surface area contributed by atoms with E-state index in [0.717, 1.165) is 32.3 Å². The molecule has 16 heavy (non-hydrogen) atoms. The highest BCUT2D eigenvalue weighted by Gasteiger charge is 2.23. The molecule has 0 amide bonds. The maximum absolute atomic E-state index is 5.51. The third-order valence-electron chi connectivity index (χ3n) is 3.02. The van der Waals surface area contributed by atoms with Crippen molar-refractivity contribution in [3.8, 4) is 0 Å². The van der Waals surface area contributed by atoms with E-state index in [4.69, 9.17) is 9.26 Å². The minimum absolute atomic E-state index is 0.0483. The van der Waals surface area contributed by atoms with Gasteiger partial charge in [0.2, 0.25) is 11.7 Å². The number of hydrogen-bond acceptors (Lipinski definition) is 5. The van der Waals surface area contributed by atoms with Gasteiger partial charge in [0.15, 0.2) is 0 Å². The standard InChI is InChI=1S/C11H19N3O2/c1-3-8(12-2)7-10-13-11(14-16-10)9-5-4-6-15-9/h8-9,12H,3-7H2,1-2H3. The van der Waals surface area contributed by atoms with E-state index in [0.29, 0.717) is 17.8 Å². The van der Waals surface area contributed by atoms with Crippen LogP contribution in [0.5, 0.6) is 0 Å². The smallest absolute Gasteiger partial charge is 0.228 e. The van der Waals surface area contributed by atoms with Gasteiger partial charge in [-0.05, 0) is 26.3 Å². The van der Waals surface area contributed by atoms with Crippen LogP contribution in [0.2, 0.25) is 0 Å². The van der Waals surface area contributed by atoms with E-state index in [-0.39, 0.29) is 6.10 Å². The normalized spacial score (nSPS) is 22.5. The quantitative estimate of drug-likeness (QED) is 0.822. The number of ether oxygens (including phenoxy) is 1. The minimum atomic E-state index is 0.0483. The second-order valence-electron chi connectivity index (χ2n) is 4.15. The van der Waals surface area contributed by atoms with E-state index in [2.05, 4.69) is 22.4 Å². The second kappa shape index (κ2) is 5.41. The van der Waals surface area contributed by atoms with E-state index < -0.39 is 0 Å². The molecule has 1 N–H and O–H groups in total. The summed E-state index contributed by atoms with van der Waals surface area (Å²) in [7, 11) is 1.95. The van der Waals surface area contributed by atoms with Crippen molar-refractivity contribution < 1.29 is 9.26 Å². The molecule has 1 aliphatic heterocycles. The average molecular weight is 225 g/mol. The zero-order valence-corrected chi connectivity index (χ0v) is 9.90. The SMILES string of the molecule is CCC(Cc1nc(C2CCCO2)no1)NC. The predicted octanol–water partition coefficient (Wildman–Crippen LogP) is 1.46. The second-order valence-corrected chi connectivity index (χ2v) is 4.15. The molecular formula is C11H19N3O2. The number of hydrogen-bond donors (Lipinski definition) is 1. The topological polar surface area (TPSA) is 60.2 Å². The van der Waals surface area contributed by atoms with Crippen LogP contribution in [0.3, 0.4) is 0 Å². The summed E-state index contributed by atoms with van der Waals surface area (Å²) in [6.07, 6.45) is 3.97. The van der Waals surface area contributed by atoms with Crippen LogP contribution < -0.4 is 5.32 Å². The van der Waals surface area contributed by atoms with E-state index >= 15 is 0 Å². The Kier molecular flexibility index (Phi) is 3.90. The molecule has 2 unspecified atom stereocenters. The van der Waals surface area contributed by atoms with Gasteiger partial charge in [0.1, 0.15) is 6.10 Å². The molecule has 0 bridgehead atoms. The Balaban J connectivity index is 1.96. The molecule has 0 aromatic carbocycles. The van der Waals surface area contributed by atoms with Gasteiger partial charge < -0.3 is 14.6 Å². The fraction of sp³-hybridized carbons (Fsp3) is 0.818. The van der Waals surface area contributed by atoms with Gasteiger partial charge in [0.25, 0.3) is 0 Å². The molecule has 5 heteroatoms. The van der Waals surface area contributed by atoms with Gasteiger partial charge in [0, 0.05) is 19.1 Å². The number of nitrogens with zero attached hydrogens (tertiary/aromatic N) is 2. The van der Waals surface area contributed by atoms with Gasteiger partial charge >= 0.3 is 0 Å². The highest BCUT2D eigenvalue weighted by Crippen LogP contribution is 2.26. The lowest BCUT2D eigenvalue weighted by atomic mass is 10.1. The Morgan fingerprint density at radius 2 is 2.44 bits per heavy atom. The summed E-state index contributed by atoms with van der Waals surface area (Å²) in [6, 6.07) is 0.401. The molecule has 2 rings (SSSR count). The van der Waals surface area contributed by atoms with Crippen molar-refractivity contribution in [1.82, 2.24) is 15.5 Å². The molecule has 1 aliphatic rings.